The maximum absolute atomic E-state index is 14.4. The summed E-state index contributed by atoms with van der Waals surface area (Å²) in [6.45, 7) is 5.03. The minimum atomic E-state index is -4.02. The van der Waals surface area contributed by atoms with Crippen molar-refractivity contribution >= 4 is 25.6 Å². The van der Waals surface area contributed by atoms with Gasteiger partial charge in [0.2, 0.25) is 0 Å². The van der Waals surface area contributed by atoms with Gasteiger partial charge in [0, 0.05) is 39.1 Å². The Morgan fingerprint density at radius 3 is 2.42 bits per heavy atom. The smallest absolute Gasteiger partial charge is 0.264 e. The molecule has 3 atom stereocenters. The van der Waals surface area contributed by atoms with E-state index in [1.807, 2.05) is 43.3 Å². The van der Waals surface area contributed by atoms with Crippen molar-refractivity contribution in [2.75, 3.05) is 64.8 Å². The second-order valence-corrected chi connectivity index (χ2v) is 16.3. The Morgan fingerprint density at radius 2 is 1.73 bits per heavy atom. The fourth-order valence-corrected chi connectivity index (χ4v) is 8.78. The zero-order valence-electron chi connectivity index (χ0n) is 28.0. The summed E-state index contributed by atoms with van der Waals surface area (Å²) < 4.78 is 80.9. The quantitative estimate of drug-likeness (QED) is 0.178. The van der Waals surface area contributed by atoms with Gasteiger partial charge in [-0.3, -0.25) is 9.50 Å². The van der Waals surface area contributed by atoms with Crippen molar-refractivity contribution < 1.29 is 40.0 Å². The number of aryl methyl sites for hydroxylation is 1. The Kier molecular flexibility index (Phi) is 11.7. The number of benzene rings is 3. The molecule has 0 radical (unpaired) electrons. The highest BCUT2D eigenvalue weighted by atomic mass is 32.2. The Morgan fingerprint density at radius 1 is 0.979 bits per heavy atom. The van der Waals surface area contributed by atoms with E-state index in [4.69, 9.17) is 23.1 Å². The lowest BCUT2D eigenvalue weighted by Crippen LogP contribution is -2.60. The maximum atomic E-state index is 14.4. The van der Waals surface area contributed by atoms with E-state index in [1.165, 1.54) is 0 Å². The van der Waals surface area contributed by atoms with Crippen molar-refractivity contribution in [2.45, 2.75) is 54.6 Å². The van der Waals surface area contributed by atoms with Crippen molar-refractivity contribution in [3.63, 3.8) is 0 Å². The molecule has 0 spiro atoms. The predicted molar refractivity (Wildman–Crippen MR) is 184 cm³/mol. The number of hydrogen-bond donors (Lipinski definition) is 1. The van der Waals surface area contributed by atoms with Crippen molar-refractivity contribution in [1.29, 1.82) is 0 Å². The first-order valence-electron chi connectivity index (χ1n) is 16.1. The van der Waals surface area contributed by atoms with Crippen LogP contribution in [0.1, 0.15) is 41.9 Å². The zero-order chi connectivity index (χ0) is 34.4. The summed E-state index contributed by atoms with van der Waals surface area (Å²) in [4.78, 5) is 0.926. The molecular weight excluding hydrogens is 657 g/mol. The molecule has 5 rings (SSSR count). The van der Waals surface area contributed by atoms with Gasteiger partial charge in [-0.05, 0) is 67.3 Å². The Bertz CT molecular complexity index is 1730. The summed E-state index contributed by atoms with van der Waals surface area (Å²) in [5.74, 6) is 1.15. The summed E-state index contributed by atoms with van der Waals surface area (Å²) in [6, 6.07) is 20.3. The molecule has 0 aromatic heterocycles. The molecule has 48 heavy (non-hydrogen) atoms. The fraction of sp³-hybridized carbons (Fsp3) is 0.486. The van der Waals surface area contributed by atoms with E-state index >= 15 is 0 Å². The second kappa shape index (κ2) is 15.6. The van der Waals surface area contributed by atoms with E-state index in [2.05, 4.69) is 16.3 Å². The lowest BCUT2D eigenvalue weighted by molar-refractivity contribution is -0.00338. The van der Waals surface area contributed by atoms with E-state index in [-0.39, 0.29) is 36.8 Å². The molecule has 0 amide bonds. The van der Waals surface area contributed by atoms with Gasteiger partial charge in [0.15, 0.2) is 9.84 Å². The van der Waals surface area contributed by atoms with Crippen molar-refractivity contribution in [2.24, 2.45) is 0 Å². The number of piperidine rings is 1. The third-order valence-corrected chi connectivity index (χ3v) is 12.1. The van der Waals surface area contributed by atoms with Crippen LogP contribution in [0.4, 0.5) is 5.69 Å². The maximum Gasteiger partial charge on any atom is 0.264 e. The fourth-order valence-electron chi connectivity index (χ4n) is 6.42. The average Bonchev–Trinajstić information content (AvgIpc) is 3.07. The normalized spacial score (nSPS) is 21.4. The molecule has 1 N–H and O–H groups in total. The summed E-state index contributed by atoms with van der Waals surface area (Å²) >= 11 is 0. The number of nitrogens with zero attached hydrogens (tertiary/aromatic N) is 1. The summed E-state index contributed by atoms with van der Waals surface area (Å²) in [5, 5.41) is 3.31. The summed E-state index contributed by atoms with van der Waals surface area (Å²) in [7, 11) is -4.52. The van der Waals surface area contributed by atoms with Gasteiger partial charge in [-0.1, -0.05) is 35.9 Å². The van der Waals surface area contributed by atoms with E-state index in [0.29, 0.717) is 25.6 Å². The first-order chi connectivity index (χ1) is 22.9. The molecule has 13 heteroatoms. The molecular formula is C35H46N2O9S2. The van der Waals surface area contributed by atoms with Gasteiger partial charge in [-0.2, -0.15) is 8.42 Å². The van der Waals surface area contributed by atoms with Crippen molar-refractivity contribution in [3.8, 4) is 11.5 Å². The molecule has 0 unspecified atom stereocenters. The van der Waals surface area contributed by atoms with Crippen LogP contribution >= 0.6 is 0 Å². The number of nitrogens with one attached hydrogen (secondary N) is 1. The number of rotatable bonds is 15. The topological polar surface area (TPSA) is 130 Å². The first-order valence-corrected chi connectivity index (χ1v) is 19.4. The number of sulfone groups is 1. The molecule has 2 aliphatic heterocycles. The lowest BCUT2D eigenvalue weighted by Gasteiger charge is -2.45. The number of methoxy groups -OCH3 is 2. The van der Waals surface area contributed by atoms with Crippen LogP contribution in [0.2, 0.25) is 0 Å². The Balaban J connectivity index is 1.44. The van der Waals surface area contributed by atoms with E-state index in [1.54, 1.807) is 38.5 Å². The van der Waals surface area contributed by atoms with Crippen molar-refractivity contribution in [1.82, 2.24) is 5.32 Å². The number of ether oxygens (including phenoxy) is 4. The van der Waals surface area contributed by atoms with Gasteiger partial charge in [0.05, 0.1) is 49.8 Å². The van der Waals surface area contributed by atoms with Gasteiger partial charge >= 0.3 is 0 Å². The van der Waals surface area contributed by atoms with Gasteiger partial charge < -0.3 is 23.8 Å². The Hall–Kier alpha value is -3.20. The third kappa shape index (κ3) is 8.50. The molecule has 0 saturated carbocycles. The highest BCUT2D eigenvalue weighted by Crippen LogP contribution is 2.43. The molecule has 0 aliphatic carbocycles. The highest BCUT2D eigenvalue weighted by molar-refractivity contribution is 7.92. The van der Waals surface area contributed by atoms with Gasteiger partial charge in [-0.15, -0.1) is 0 Å². The number of hydrogen-bond acceptors (Lipinski definition) is 11. The first kappa shape index (κ1) is 36.1. The minimum Gasteiger partial charge on any atom is -0.497 e. The van der Waals surface area contributed by atoms with Crippen LogP contribution in [-0.4, -0.2) is 87.7 Å². The third-order valence-electron chi connectivity index (χ3n) is 9.04. The molecule has 262 valence electrons. The molecule has 11 nitrogen and oxygen atoms in total. The van der Waals surface area contributed by atoms with E-state index < -0.39 is 30.9 Å². The van der Waals surface area contributed by atoms with E-state index in [9.17, 15) is 16.8 Å². The number of anilines is 1. The van der Waals surface area contributed by atoms with Gasteiger partial charge in [0.25, 0.3) is 10.1 Å². The van der Waals surface area contributed by atoms with Crippen LogP contribution in [0, 0.1) is 6.92 Å². The molecule has 1 saturated heterocycles. The second-order valence-electron chi connectivity index (χ2n) is 12.4. The van der Waals surface area contributed by atoms with E-state index in [0.717, 1.165) is 53.9 Å². The predicted octanol–water partition coefficient (Wildman–Crippen LogP) is 4.44. The lowest BCUT2D eigenvalue weighted by atomic mass is 9.83. The van der Waals surface area contributed by atoms with Crippen LogP contribution in [0.15, 0.2) is 71.6 Å². The highest BCUT2D eigenvalue weighted by Gasteiger charge is 2.51. The Labute approximate surface area is 284 Å². The summed E-state index contributed by atoms with van der Waals surface area (Å²) in [5.41, 5.74) is 3.80. The minimum absolute atomic E-state index is 0.0839. The monoisotopic (exact) mass is 702 g/mol. The summed E-state index contributed by atoms with van der Waals surface area (Å²) in [6.07, 6.45) is 1.49. The average molecular weight is 703 g/mol. The molecule has 1 fully saturated rings. The zero-order valence-corrected chi connectivity index (χ0v) is 29.6. The van der Waals surface area contributed by atoms with Crippen LogP contribution < -0.4 is 19.7 Å². The molecule has 3 aromatic carbocycles. The molecule has 2 heterocycles. The largest absolute Gasteiger partial charge is 0.497 e. The molecule has 2 aliphatic rings. The van der Waals surface area contributed by atoms with Crippen LogP contribution in [0.5, 0.6) is 11.5 Å². The standard InChI is InChI=1S/C35H46N2O9S2/c1-26-6-13-30(14-7-26)48(40,41)35(16-20-46-47(4,38)39)23-31(28-9-11-29(43-3)12-10-28)34(24-36-35)45-25-27-8-15-33-32(22-27)37(18-21-44-33)17-5-19-42-2/h6-15,22,31,34,36H,5,16-21,23-25H2,1-4H3/t31-,34+,35+/m1/s1. The molecule has 3 aromatic rings. The van der Waals surface area contributed by atoms with Gasteiger partial charge in [-0.25, -0.2) is 8.42 Å². The van der Waals surface area contributed by atoms with Crippen LogP contribution in [-0.2, 0) is 40.2 Å². The van der Waals surface area contributed by atoms with Crippen LogP contribution in [0.25, 0.3) is 0 Å². The SMILES string of the molecule is COCCCN1CCOc2ccc(CO[C@H]3CN[C@@](CCOS(C)(=O)=O)(S(=O)(=O)c4ccc(C)cc4)C[C@@H]3c3ccc(OC)cc3)cc21. The number of fused-ring (bicyclic) bond motifs is 1. The van der Waals surface area contributed by atoms with Crippen molar-refractivity contribution in [3.05, 3.63) is 83.4 Å². The van der Waals surface area contributed by atoms with Gasteiger partial charge in [0.1, 0.15) is 23.0 Å². The molecule has 0 bridgehead atoms. The van der Waals surface area contributed by atoms with Crippen LogP contribution in [0.3, 0.4) is 0 Å².